The molecule has 1 amide bonds. The lowest BCUT2D eigenvalue weighted by atomic mass is 10.1. The number of aryl methyl sites for hydroxylation is 3. The average Bonchev–Trinajstić information content (AvgIpc) is 3.10. The van der Waals surface area contributed by atoms with Crippen LogP contribution in [0.3, 0.4) is 0 Å². The van der Waals surface area contributed by atoms with Crippen LogP contribution in [-0.4, -0.2) is 68.9 Å². The fourth-order valence-electron chi connectivity index (χ4n) is 3.00. The van der Waals surface area contributed by atoms with Gasteiger partial charge in [0.1, 0.15) is 11.7 Å². The summed E-state index contributed by atoms with van der Waals surface area (Å²) in [7, 11) is 3.85. The molecule has 2 aromatic rings. The summed E-state index contributed by atoms with van der Waals surface area (Å²) >= 11 is 0. The number of amides is 1. The lowest BCUT2D eigenvalue weighted by molar-refractivity contribution is -0.136. The zero-order valence-corrected chi connectivity index (χ0v) is 15.3. The molecule has 0 N–H and O–H groups in total. The van der Waals surface area contributed by atoms with E-state index in [9.17, 15) is 4.79 Å². The van der Waals surface area contributed by atoms with Crippen molar-refractivity contribution < 1.29 is 14.1 Å². The first-order valence-corrected chi connectivity index (χ1v) is 8.28. The Bertz CT molecular complexity index is 768. The standard InChI is InChI=1S/C16H24N6O3/c1-10-15(11(2)21(5)18-10)24-9-14(23)22-7-6-20(4)13(8-22)16-17-12(3)19-25-16/h13H,6-9H2,1-5H3. The second-order valence-electron chi connectivity index (χ2n) is 6.43. The Morgan fingerprint density at radius 2 is 2.04 bits per heavy atom. The lowest BCUT2D eigenvalue weighted by Crippen LogP contribution is -2.50. The normalized spacial score (nSPS) is 18.6. The summed E-state index contributed by atoms with van der Waals surface area (Å²) in [6.45, 7) is 7.46. The second-order valence-corrected chi connectivity index (χ2v) is 6.43. The maximum absolute atomic E-state index is 12.6. The van der Waals surface area contributed by atoms with E-state index in [0.717, 1.165) is 17.9 Å². The van der Waals surface area contributed by atoms with E-state index < -0.39 is 0 Å². The summed E-state index contributed by atoms with van der Waals surface area (Å²) in [5.41, 5.74) is 1.69. The molecule has 2 aromatic heterocycles. The zero-order chi connectivity index (χ0) is 18.1. The van der Waals surface area contributed by atoms with E-state index >= 15 is 0 Å². The molecule has 3 heterocycles. The number of rotatable bonds is 4. The molecule has 136 valence electrons. The van der Waals surface area contributed by atoms with Crippen LogP contribution in [0.5, 0.6) is 5.75 Å². The minimum Gasteiger partial charge on any atom is -0.480 e. The van der Waals surface area contributed by atoms with Gasteiger partial charge in [0.05, 0.1) is 5.69 Å². The van der Waals surface area contributed by atoms with Crippen LogP contribution in [0.25, 0.3) is 0 Å². The van der Waals surface area contributed by atoms with Crippen molar-refractivity contribution in [3.63, 3.8) is 0 Å². The average molecular weight is 348 g/mol. The Hall–Kier alpha value is -2.42. The smallest absolute Gasteiger partial charge is 0.260 e. The van der Waals surface area contributed by atoms with Crippen molar-refractivity contribution in [3.05, 3.63) is 23.1 Å². The molecule has 1 aliphatic heterocycles. The van der Waals surface area contributed by atoms with Gasteiger partial charge < -0.3 is 14.2 Å². The molecule has 1 saturated heterocycles. The molecule has 0 saturated carbocycles. The van der Waals surface area contributed by atoms with Gasteiger partial charge in [-0.25, -0.2) is 0 Å². The molecule has 0 bridgehead atoms. The van der Waals surface area contributed by atoms with Crippen molar-refractivity contribution >= 4 is 5.91 Å². The fourth-order valence-corrected chi connectivity index (χ4v) is 3.00. The first-order valence-electron chi connectivity index (χ1n) is 8.28. The molecule has 0 aromatic carbocycles. The van der Waals surface area contributed by atoms with Crippen LogP contribution in [-0.2, 0) is 11.8 Å². The van der Waals surface area contributed by atoms with E-state index in [2.05, 4.69) is 20.1 Å². The van der Waals surface area contributed by atoms with Crippen molar-refractivity contribution in [2.24, 2.45) is 7.05 Å². The molecule has 1 fully saturated rings. The zero-order valence-electron chi connectivity index (χ0n) is 15.3. The molecule has 0 aliphatic carbocycles. The maximum atomic E-state index is 12.6. The third kappa shape index (κ3) is 3.51. The number of ether oxygens (including phenoxy) is 1. The fraction of sp³-hybridized carbons (Fsp3) is 0.625. The van der Waals surface area contributed by atoms with Crippen LogP contribution in [0.2, 0.25) is 0 Å². The minimum atomic E-state index is -0.0965. The number of carbonyl (C=O) groups excluding carboxylic acids is 1. The number of hydrogen-bond acceptors (Lipinski definition) is 7. The van der Waals surface area contributed by atoms with Gasteiger partial charge in [0.25, 0.3) is 5.91 Å². The molecule has 1 aliphatic rings. The van der Waals surface area contributed by atoms with E-state index in [1.807, 2.05) is 27.9 Å². The van der Waals surface area contributed by atoms with Gasteiger partial charge in [-0.3, -0.25) is 14.4 Å². The van der Waals surface area contributed by atoms with Crippen LogP contribution in [0, 0.1) is 20.8 Å². The summed E-state index contributed by atoms with van der Waals surface area (Å²) in [6.07, 6.45) is 0. The highest BCUT2D eigenvalue weighted by atomic mass is 16.5. The highest BCUT2D eigenvalue weighted by Crippen LogP contribution is 2.24. The van der Waals surface area contributed by atoms with Crippen molar-refractivity contribution in [3.8, 4) is 5.75 Å². The van der Waals surface area contributed by atoms with Gasteiger partial charge in [0, 0.05) is 26.7 Å². The third-order valence-electron chi connectivity index (χ3n) is 4.61. The van der Waals surface area contributed by atoms with Crippen molar-refractivity contribution in [1.82, 2.24) is 29.7 Å². The van der Waals surface area contributed by atoms with Crippen LogP contribution < -0.4 is 4.74 Å². The first kappa shape index (κ1) is 17.4. The molecule has 1 unspecified atom stereocenters. The van der Waals surface area contributed by atoms with Gasteiger partial charge in [-0.05, 0) is 27.8 Å². The minimum absolute atomic E-state index is 0.00727. The number of aromatic nitrogens is 4. The summed E-state index contributed by atoms with van der Waals surface area (Å²) in [6, 6.07) is -0.0965. The van der Waals surface area contributed by atoms with Gasteiger partial charge in [-0.2, -0.15) is 10.1 Å². The Labute approximate surface area is 146 Å². The van der Waals surface area contributed by atoms with Crippen LogP contribution in [0.15, 0.2) is 4.52 Å². The maximum Gasteiger partial charge on any atom is 0.260 e. The van der Waals surface area contributed by atoms with Crippen molar-refractivity contribution in [2.45, 2.75) is 26.8 Å². The Morgan fingerprint density at radius 3 is 2.64 bits per heavy atom. The summed E-state index contributed by atoms with van der Waals surface area (Å²) in [4.78, 5) is 20.8. The van der Waals surface area contributed by atoms with Gasteiger partial charge in [-0.1, -0.05) is 5.16 Å². The molecule has 3 rings (SSSR count). The van der Waals surface area contributed by atoms with E-state index in [1.165, 1.54) is 0 Å². The van der Waals surface area contributed by atoms with Crippen molar-refractivity contribution in [1.29, 1.82) is 0 Å². The van der Waals surface area contributed by atoms with E-state index in [1.54, 1.807) is 16.5 Å². The number of hydrogen-bond donors (Lipinski definition) is 0. The summed E-state index contributed by atoms with van der Waals surface area (Å²) < 4.78 is 12.8. The molecule has 0 spiro atoms. The molecule has 9 heteroatoms. The SMILES string of the molecule is Cc1noc(C2CN(C(=O)COc3c(C)nn(C)c3C)CCN2C)n1. The Balaban J connectivity index is 1.64. The third-order valence-corrected chi connectivity index (χ3v) is 4.61. The Morgan fingerprint density at radius 1 is 1.28 bits per heavy atom. The molecular weight excluding hydrogens is 324 g/mol. The van der Waals surface area contributed by atoms with Gasteiger partial charge in [0.2, 0.25) is 5.89 Å². The predicted octanol–water partition coefficient (Wildman–Crippen LogP) is 0.622. The van der Waals surface area contributed by atoms with E-state index in [-0.39, 0.29) is 18.6 Å². The number of carbonyl (C=O) groups is 1. The van der Waals surface area contributed by atoms with E-state index in [4.69, 9.17) is 9.26 Å². The number of piperazine rings is 1. The predicted molar refractivity (Wildman–Crippen MR) is 89.2 cm³/mol. The molecule has 9 nitrogen and oxygen atoms in total. The molecule has 1 atom stereocenters. The molecular formula is C16H24N6O3. The molecule has 0 radical (unpaired) electrons. The molecule has 25 heavy (non-hydrogen) atoms. The first-order chi connectivity index (χ1) is 11.9. The summed E-state index contributed by atoms with van der Waals surface area (Å²) in [5.74, 6) is 1.75. The summed E-state index contributed by atoms with van der Waals surface area (Å²) in [5, 5.41) is 8.14. The number of nitrogens with zero attached hydrogens (tertiary/aromatic N) is 6. The van der Waals surface area contributed by atoms with Gasteiger partial charge >= 0.3 is 0 Å². The highest BCUT2D eigenvalue weighted by molar-refractivity contribution is 5.78. The van der Waals surface area contributed by atoms with Crippen LogP contribution in [0.1, 0.15) is 29.1 Å². The van der Waals surface area contributed by atoms with Crippen LogP contribution >= 0.6 is 0 Å². The van der Waals surface area contributed by atoms with Crippen LogP contribution in [0.4, 0.5) is 0 Å². The quantitative estimate of drug-likeness (QED) is 0.800. The van der Waals surface area contributed by atoms with Crippen molar-refractivity contribution in [2.75, 3.05) is 33.3 Å². The van der Waals surface area contributed by atoms with E-state index in [0.29, 0.717) is 30.6 Å². The second kappa shape index (κ2) is 6.83. The lowest BCUT2D eigenvalue weighted by Gasteiger charge is -2.37. The largest absolute Gasteiger partial charge is 0.480 e. The monoisotopic (exact) mass is 348 g/mol. The van der Waals surface area contributed by atoms with Gasteiger partial charge in [0.15, 0.2) is 18.2 Å². The Kier molecular flexibility index (Phi) is 4.76. The number of likely N-dealkylation sites (N-methyl/N-ethyl adjacent to an activating group) is 1. The van der Waals surface area contributed by atoms with Gasteiger partial charge in [-0.15, -0.1) is 0 Å². The highest BCUT2D eigenvalue weighted by Gasteiger charge is 2.32. The topological polar surface area (TPSA) is 89.5 Å².